The SMILES string of the molecule is COC(C)Cn1c(C)cc2c1CC(C)(C)CC2=O. The van der Waals surface area contributed by atoms with Gasteiger partial charge in [-0.2, -0.15) is 0 Å². The fourth-order valence-corrected chi connectivity index (χ4v) is 2.79. The minimum absolute atomic E-state index is 0.0724. The monoisotopic (exact) mass is 249 g/mol. The lowest BCUT2D eigenvalue weighted by Crippen LogP contribution is -2.29. The Labute approximate surface area is 109 Å². The van der Waals surface area contributed by atoms with Crippen LogP contribution in [0, 0.1) is 12.3 Å². The minimum Gasteiger partial charge on any atom is -0.380 e. The molecule has 100 valence electrons. The molecular formula is C15H23NO2. The van der Waals surface area contributed by atoms with Crippen LogP contribution in [-0.2, 0) is 17.7 Å². The van der Waals surface area contributed by atoms with E-state index in [0.29, 0.717) is 6.42 Å². The number of methoxy groups -OCH3 is 1. The van der Waals surface area contributed by atoms with Gasteiger partial charge in [0.2, 0.25) is 0 Å². The molecule has 0 amide bonds. The Morgan fingerprint density at radius 1 is 1.44 bits per heavy atom. The Morgan fingerprint density at radius 2 is 2.11 bits per heavy atom. The molecule has 0 saturated heterocycles. The zero-order chi connectivity index (χ0) is 13.5. The van der Waals surface area contributed by atoms with Crippen LogP contribution in [0.5, 0.6) is 0 Å². The zero-order valence-corrected chi connectivity index (χ0v) is 12.0. The normalized spacial score (nSPS) is 19.7. The number of hydrogen-bond acceptors (Lipinski definition) is 2. The van der Waals surface area contributed by atoms with E-state index in [9.17, 15) is 4.79 Å². The average molecular weight is 249 g/mol. The Kier molecular flexibility index (Phi) is 3.37. The highest BCUT2D eigenvalue weighted by molar-refractivity contribution is 5.99. The van der Waals surface area contributed by atoms with E-state index in [2.05, 4.69) is 32.3 Å². The summed E-state index contributed by atoms with van der Waals surface area (Å²) in [5.74, 6) is 0.285. The van der Waals surface area contributed by atoms with Crippen molar-refractivity contribution in [1.82, 2.24) is 4.57 Å². The van der Waals surface area contributed by atoms with Crippen LogP contribution in [0.3, 0.4) is 0 Å². The smallest absolute Gasteiger partial charge is 0.165 e. The summed E-state index contributed by atoms with van der Waals surface area (Å²) in [4.78, 5) is 12.2. The predicted octanol–water partition coefficient (Wildman–Crippen LogP) is 2.99. The summed E-state index contributed by atoms with van der Waals surface area (Å²) in [6, 6.07) is 2.04. The average Bonchev–Trinajstić information content (AvgIpc) is 2.55. The van der Waals surface area contributed by atoms with Gasteiger partial charge in [-0.1, -0.05) is 13.8 Å². The van der Waals surface area contributed by atoms with Crippen LogP contribution in [-0.4, -0.2) is 23.6 Å². The van der Waals surface area contributed by atoms with E-state index >= 15 is 0 Å². The molecule has 0 radical (unpaired) electrons. The largest absolute Gasteiger partial charge is 0.380 e. The summed E-state index contributed by atoms with van der Waals surface area (Å²) in [5, 5.41) is 0. The van der Waals surface area contributed by atoms with Crippen molar-refractivity contribution in [1.29, 1.82) is 0 Å². The minimum atomic E-state index is 0.0724. The van der Waals surface area contributed by atoms with Gasteiger partial charge < -0.3 is 9.30 Å². The third-order valence-corrected chi connectivity index (χ3v) is 3.84. The molecular weight excluding hydrogens is 226 g/mol. The van der Waals surface area contributed by atoms with Crippen molar-refractivity contribution in [3.63, 3.8) is 0 Å². The lowest BCUT2D eigenvalue weighted by atomic mass is 9.76. The van der Waals surface area contributed by atoms with Gasteiger partial charge in [-0.3, -0.25) is 4.79 Å². The van der Waals surface area contributed by atoms with Crippen LogP contribution in [0.25, 0.3) is 0 Å². The molecule has 1 aromatic heterocycles. The van der Waals surface area contributed by atoms with Gasteiger partial charge in [0.25, 0.3) is 0 Å². The van der Waals surface area contributed by atoms with Gasteiger partial charge in [0.15, 0.2) is 5.78 Å². The second-order valence-electron chi connectivity index (χ2n) is 6.24. The van der Waals surface area contributed by atoms with E-state index in [4.69, 9.17) is 4.74 Å². The van der Waals surface area contributed by atoms with Crippen LogP contribution in [0.4, 0.5) is 0 Å². The molecule has 0 N–H and O–H groups in total. The first-order valence-electron chi connectivity index (χ1n) is 6.59. The summed E-state index contributed by atoms with van der Waals surface area (Å²) < 4.78 is 7.59. The van der Waals surface area contributed by atoms with Gasteiger partial charge in [-0.25, -0.2) is 0 Å². The van der Waals surface area contributed by atoms with Gasteiger partial charge >= 0.3 is 0 Å². The molecule has 3 heteroatoms. The van der Waals surface area contributed by atoms with Gasteiger partial charge in [0.05, 0.1) is 6.10 Å². The summed E-state index contributed by atoms with van der Waals surface area (Å²) in [7, 11) is 1.73. The van der Waals surface area contributed by atoms with Gasteiger partial charge in [-0.15, -0.1) is 0 Å². The number of carbonyl (C=O) groups is 1. The predicted molar refractivity (Wildman–Crippen MR) is 72.1 cm³/mol. The summed E-state index contributed by atoms with van der Waals surface area (Å²) in [5.41, 5.74) is 3.35. The molecule has 1 unspecified atom stereocenters. The second-order valence-corrected chi connectivity index (χ2v) is 6.24. The van der Waals surface area contributed by atoms with E-state index in [1.807, 2.05) is 6.07 Å². The van der Waals surface area contributed by atoms with E-state index < -0.39 is 0 Å². The fraction of sp³-hybridized carbons (Fsp3) is 0.667. The third-order valence-electron chi connectivity index (χ3n) is 3.84. The van der Waals surface area contributed by atoms with Crippen molar-refractivity contribution in [2.75, 3.05) is 7.11 Å². The molecule has 1 aliphatic rings. The number of nitrogens with zero attached hydrogens (tertiary/aromatic N) is 1. The number of aromatic nitrogens is 1. The molecule has 18 heavy (non-hydrogen) atoms. The molecule has 1 heterocycles. The standard InChI is InChI=1S/C15H23NO2/c1-10-6-12-13(16(10)9-11(2)18-5)7-15(3,4)8-14(12)17/h6,11H,7-9H2,1-5H3. The van der Waals surface area contributed by atoms with Gasteiger partial charge in [-0.05, 0) is 31.7 Å². The van der Waals surface area contributed by atoms with E-state index in [1.54, 1.807) is 7.11 Å². The molecule has 0 fully saturated rings. The molecule has 1 aliphatic carbocycles. The first-order valence-corrected chi connectivity index (χ1v) is 6.59. The third kappa shape index (κ3) is 2.37. The number of ether oxygens (including phenoxy) is 1. The number of hydrogen-bond donors (Lipinski definition) is 0. The number of Topliss-reactive ketones (excluding diaryl/α,β-unsaturated/α-hetero) is 1. The first kappa shape index (κ1) is 13.3. The van der Waals surface area contributed by atoms with Crippen molar-refractivity contribution in [2.45, 2.75) is 53.2 Å². The van der Waals surface area contributed by atoms with Crippen LogP contribution < -0.4 is 0 Å². The topological polar surface area (TPSA) is 31.2 Å². The van der Waals surface area contributed by atoms with Gasteiger partial charge in [0.1, 0.15) is 0 Å². The molecule has 1 atom stereocenters. The Balaban J connectivity index is 2.41. The van der Waals surface area contributed by atoms with Crippen molar-refractivity contribution in [3.8, 4) is 0 Å². The highest BCUT2D eigenvalue weighted by Gasteiger charge is 2.33. The van der Waals surface area contributed by atoms with Crippen molar-refractivity contribution in [2.24, 2.45) is 5.41 Å². The lowest BCUT2D eigenvalue weighted by Gasteiger charge is -2.30. The van der Waals surface area contributed by atoms with Crippen molar-refractivity contribution in [3.05, 3.63) is 23.0 Å². The number of carbonyl (C=O) groups excluding carboxylic acids is 1. The second kappa shape index (κ2) is 4.54. The molecule has 1 aromatic rings. The quantitative estimate of drug-likeness (QED) is 0.824. The lowest BCUT2D eigenvalue weighted by molar-refractivity contribution is 0.0895. The van der Waals surface area contributed by atoms with E-state index in [0.717, 1.165) is 24.2 Å². The highest BCUT2D eigenvalue weighted by Crippen LogP contribution is 2.36. The molecule has 2 rings (SSSR count). The Morgan fingerprint density at radius 3 is 2.72 bits per heavy atom. The van der Waals surface area contributed by atoms with E-state index in [1.165, 1.54) is 5.69 Å². The maximum atomic E-state index is 12.2. The van der Waals surface area contributed by atoms with Crippen LogP contribution >= 0.6 is 0 Å². The summed E-state index contributed by atoms with van der Waals surface area (Å²) >= 11 is 0. The molecule has 0 saturated carbocycles. The molecule has 0 aromatic carbocycles. The summed E-state index contributed by atoms with van der Waals surface area (Å²) in [6.45, 7) is 9.28. The van der Waals surface area contributed by atoms with Crippen LogP contribution in [0.15, 0.2) is 6.07 Å². The zero-order valence-electron chi connectivity index (χ0n) is 12.0. The number of aryl methyl sites for hydroxylation is 1. The number of fused-ring (bicyclic) bond motifs is 1. The first-order chi connectivity index (χ1) is 8.34. The maximum absolute atomic E-state index is 12.2. The Bertz CT molecular complexity index is 471. The summed E-state index contributed by atoms with van der Waals surface area (Å²) in [6.07, 6.45) is 1.79. The fourth-order valence-electron chi connectivity index (χ4n) is 2.79. The molecule has 0 bridgehead atoms. The molecule has 0 aliphatic heterocycles. The number of rotatable bonds is 3. The molecule has 0 spiro atoms. The number of ketones is 1. The van der Waals surface area contributed by atoms with Crippen LogP contribution in [0.1, 0.15) is 48.9 Å². The van der Waals surface area contributed by atoms with Crippen LogP contribution in [0.2, 0.25) is 0 Å². The highest BCUT2D eigenvalue weighted by atomic mass is 16.5. The maximum Gasteiger partial charge on any atom is 0.165 e. The van der Waals surface area contributed by atoms with Crippen molar-refractivity contribution < 1.29 is 9.53 Å². The van der Waals surface area contributed by atoms with E-state index in [-0.39, 0.29) is 17.3 Å². The Hall–Kier alpha value is -1.09. The van der Waals surface area contributed by atoms with Gasteiger partial charge in [0, 0.05) is 37.0 Å². The van der Waals surface area contributed by atoms with Crippen molar-refractivity contribution >= 4 is 5.78 Å². The molecule has 3 nitrogen and oxygen atoms in total.